The second-order valence-electron chi connectivity index (χ2n) is 6.58. The zero-order valence-corrected chi connectivity index (χ0v) is 11.7. The Labute approximate surface area is 111 Å². The van der Waals surface area contributed by atoms with Crippen molar-refractivity contribution in [2.75, 3.05) is 33.4 Å². The van der Waals surface area contributed by atoms with Gasteiger partial charge >= 0.3 is 0 Å². The van der Waals surface area contributed by atoms with Crippen molar-refractivity contribution in [2.24, 2.45) is 11.8 Å². The summed E-state index contributed by atoms with van der Waals surface area (Å²) >= 11 is 0. The van der Waals surface area contributed by atoms with Gasteiger partial charge in [-0.2, -0.15) is 0 Å². The molecule has 2 unspecified atom stereocenters. The SMILES string of the molecule is CN(CC1CCOCC1)C1CCC1CNC1CC1. The predicted molar refractivity (Wildman–Crippen MR) is 73.7 cm³/mol. The zero-order valence-electron chi connectivity index (χ0n) is 11.7. The third-order valence-electron chi connectivity index (χ3n) is 5.08. The molecule has 104 valence electrons. The van der Waals surface area contributed by atoms with Gasteiger partial charge in [0.25, 0.3) is 0 Å². The topological polar surface area (TPSA) is 24.5 Å². The zero-order chi connectivity index (χ0) is 12.4. The third-order valence-corrected chi connectivity index (χ3v) is 5.08. The van der Waals surface area contributed by atoms with Crippen LogP contribution in [-0.4, -0.2) is 50.3 Å². The van der Waals surface area contributed by atoms with Crippen LogP contribution < -0.4 is 5.32 Å². The minimum Gasteiger partial charge on any atom is -0.381 e. The van der Waals surface area contributed by atoms with Gasteiger partial charge in [-0.1, -0.05) is 0 Å². The predicted octanol–water partition coefficient (Wildman–Crippen LogP) is 1.88. The highest BCUT2D eigenvalue weighted by atomic mass is 16.5. The normalized spacial score (nSPS) is 33.7. The van der Waals surface area contributed by atoms with Gasteiger partial charge in [-0.05, 0) is 64.0 Å². The molecule has 3 aliphatic rings. The Kier molecular flexibility index (Phi) is 4.22. The quantitative estimate of drug-likeness (QED) is 0.781. The van der Waals surface area contributed by atoms with E-state index < -0.39 is 0 Å². The Balaban J connectivity index is 1.38. The maximum atomic E-state index is 5.45. The van der Waals surface area contributed by atoms with Crippen LogP contribution in [0.2, 0.25) is 0 Å². The molecule has 3 nitrogen and oxygen atoms in total. The van der Waals surface area contributed by atoms with E-state index in [-0.39, 0.29) is 0 Å². The first-order valence-corrected chi connectivity index (χ1v) is 7.84. The highest BCUT2D eigenvalue weighted by Gasteiger charge is 2.35. The Morgan fingerprint density at radius 3 is 2.44 bits per heavy atom. The number of hydrogen-bond acceptors (Lipinski definition) is 3. The van der Waals surface area contributed by atoms with E-state index in [9.17, 15) is 0 Å². The molecular weight excluding hydrogens is 224 g/mol. The largest absolute Gasteiger partial charge is 0.381 e. The van der Waals surface area contributed by atoms with E-state index in [1.54, 1.807) is 0 Å². The lowest BCUT2D eigenvalue weighted by molar-refractivity contribution is 0.0266. The molecule has 3 heteroatoms. The van der Waals surface area contributed by atoms with E-state index in [0.29, 0.717) is 0 Å². The maximum Gasteiger partial charge on any atom is 0.0469 e. The van der Waals surface area contributed by atoms with Crippen LogP contribution in [-0.2, 0) is 4.74 Å². The van der Waals surface area contributed by atoms with Crippen LogP contribution in [0.4, 0.5) is 0 Å². The first-order chi connectivity index (χ1) is 8.83. The molecule has 0 bridgehead atoms. The van der Waals surface area contributed by atoms with E-state index in [0.717, 1.165) is 37.1 Å². The summed E-state index contributed by atoms with van der Waals surface area (Å²) in [6.07, 6.45) is 8.20. The van der Waals surface area contributed by atoms with Crippen LogP contribution in [0.25, 0.3) is 0 Å². The summed E-state index contributed by atoms with van der Waals surface area (Å²) in [4.78, 5) is 2.64. The Bertz CT molecular complexity index is 261. The minimum atomic E-state index is 0.846. The smallest absolute Gasteiger partial charge is 0.0469 e. The van der Waals surface area contributed by atoms with E-state index in [1.807, 2.05) is 0 Å². The molecule has 18 heavy (non-hydrogen) atoms. The number of nitrogens with zero attached hydrogens (tertiary/aromatic N) is 1. The first kappa shape index (κ1) is 12.9. The monoisotopic (exact) mass is 252 g/mol. The van der Waals surface area contributed by atoms with Crippen LogP contribution in [0.1, 0.15) is 38.5 Å². The molecule has 1 heterocycles. The summed E-state index contributed by atoms with van der Waals surface area (Å²) < 4.78 is 5.45. The van der Waals surface area contributed by atoms with Crippen molar-refractivity contribution >= 4 is 0 Å². The highest BCUT2D eigenvalue weighted by Crippen LogP contribution is 2.33. The van der Waals surface area contributed by atoms with Gasteiger partial charge in [0, 0.05) is 31.8 Å². The van der Waals surface area contributed by atoms with Gasteiger partial charge in [-0.25, -0.2) is 0 Å². The lowest BCUT2D eigenvalue weighted by Crippen LogP contribution is -2.50. The molecule has 2 aliphatic carbocycles. The molecule has 0 amide bonds. The molecule has 2 atom stereocenters. The standard InChI is InChI=1S/C15H28N2O/c1-17(11-12-6-8-18-9-7-12)15-5-2-13(15)10-16-14-3-4-14/h12-16H,2-11H2,1H3. The van der Waals surface area contributed by atoms with Gasteiger partial charge in [-0.15, -0.1) is 0 Å². The molecule has 1 N–H and O–H groups in total. The van der Waals surface area contributed by atoms with Crippen molar-refractivity contribution in [3.8, 4) is 0 Å². The number of ether oxygens (including phenoxy) is 1. The van der Waals surface area contributed by atoms with Gasteiger partial charge in [0.15, 0.2) is 0 Å². The number of nitrogens with one attached hydrogen (secondary N) is 1. The van der Waals surface area contributed by atoms with Gasteiger partial charge in [0.1, 0.15) is 0 Å². The summed E-state index contributed by atoms with van der Waals surface area (Å²) in [6, 6.07) is 1.71. The van der Waals surface area contributed by atoms with Crippen molar-refractivity contribution in [1.29, 1.82) is 0 Å². The van der Waals surface area contributed by atoms with Crippen LogP contribution >= 0.6 is 0 Å². The molecule has 2 saturated carbocycles. The number of hydrogen-bond donors (Lipinski definition) is 1. The molecule has 0 spiro atoms. The second kappa shape index (κ2) is 5.89. The van der Waals surface area contributed by atoms with Crippen LogP contribution in [0.3, 0.4) is 0 Å². The van der Waals surface area contributed by atoms with Gasteiger partial charge in [-0.3, -0.25) is 0 Å². The molecule has 3 rings (SSSR count). The summed E-state index contributed by atoms with van der Waals surface area (Å²) in [5, 5.41) is 3.70. The first-order valence-electron chi connectivity index (χ1n) is 7.84. The maximum absolute atomic E-state index is 5.45. The lowest BCUT2D eigenvalue weighted by atomic mass is 9.78. The van der Waals surface area contributed by atoms with E-state index in [1.165, 1.54) is 51.6 Å². The van der Waals surface area contributed by atoms with E-state index in [2.05, 4.69) is 17.3 Å². The summed E-state index contributed by atoms with van der Waals surface area (Å²) in [5.41, 5.74) is 0. The fourth-order valence-electron chi connectivity index (χ4n) is 3.45. The minimum absolute atomic E-state index is 0.846. The van der Waals surface area contributed by atoms with Crippen molar-refractivity contribution in [3.63, 3.8) is 0 Å². The van der Waals surface area contributed by atoms with Crippen molar-refractivity contribution in [2.45, 2.75) is 50.6 Å². The Morgan fingerprint density at radius 2 is 1.83 bits per heavy atom. The van der Waals surface area contributed by atoms with Gasteiger partial charge in [0.05, 0.1) is 0 Å². The summed E-state index contributed by atoms with van der Waals surface area (Å²) in [7, 11) is 2.34. The molecule has 1 aliphatic heterocycles. The average molecular weight is 252 g/mol. The summed E-state index contributed by atoms with van der Waals surface area (Å²) in [5.74, 6) is 1.79. The van der Waals surface area contributed by atoms with Gasteiger partial charge in [0.2, 0.25) is 0 Å². The van der Waals surface area contributed by atoms with Crippen molar-refractivity contribution < 1.29 is 4.74 Å². The molecule has 0 aromatic carbocycles. The van der Waals surface area contributed by atoms with E-state index >= 15 is 0 Å². The van der Waals surface area contributed by atoms with Crippen LogP contribution in [0.5, 0.6) is 0 Å². The molecule has 0 radical (unpaired) electrons. The van der Waals surface area contributed by atoms with Gasteiger partial charge < -0.3 is 15.0 Å². The molecule has 3 fully saturated rings. The molecular formula is C15H28N2O. The van der Waals surface area contributed by atoms with Crippen molar-refractivity contribution in [1.82, 2.24) is 10.2 Å². The fourth-order valence-corrected chi connectivity index (χ4v) is 3.45. The van der Waals surface area contributed by atoms with Crippen molar-refractivity contribution in [3.05, 3.63) is 0 Å². The Morgan fingerprint density at radius 1 is 1.06 bits per heavy atom. The fraction of sp³-hybridized carbons (Fsp3) is 1.00. The van der Waals surface area contributed by atoms with Crippen LogP contribution in [0, 0.1) is 11.8 Å². The number of rotatable bonds is 6. The average Bonchev–Trinajstić information content (AvgIpc) is 3.13. The molecule has 0 aromatic rings. The third kappa shape index (κ3) is 3.25. The highest BCUT2D eigenvalue weighted by molar-refractivity contribution is 4.92. The van der Waals surface area contributed by atoms with Crippen LogP contribution in [0.15, 0.2) is 0 Å². The summed E-state index contributed by atoms with van der Waals surface area (Å²) in [6.45, 7) is 4.51. The van der Waals surface area contributed by atoms with E-state index in [4.69, 9.17) is 4.74 Å². The lowest BCUT2D eigenvalue weighted by Gasteiger charge is -2.44. The molecule has 0 aromatic heterocycles. The second-order valence-corrected chi connectivity index (χ2v) is 6.58. The molecule has 1 saturated heterocycles. The Hall–Kier alpha value is -0.120.